The average Bonchev–Trinajstić information content (AvgIpc) is 3.13. The summed E-state index contributed by atoms with van der Waals surface area (Å²) in [6.07, 6.45) is 1.63. The van der Waals surface area contributed by atoms with Gasteiger partial charge in [0, 0.05) is 12.0 Å². The molecule has 0 bridgehead atoms. The minimum absolute atomic E-state index is 0.117. The van der Waals surface area contributed by atoms with Gasteiger partial charge in [-0.1, -0.05) is 13.8 Å². The number of Topliss-reactive ketones (excluding diaryl/α,β-unsaturated/α-hetero) is 1. The van der Waals surface area contributed by atoms with Crippen LogP contribution in [-0.2, 0) is 12.8 Å². The normalized spacial score (nSPS) is 14.4. The highest BCUT2D eigenvalue weighted by molar-refractivity contribution is 6.00. The van der Waals surface area contributed by atoms with Crippen LogP contribution in [0, 0.1) is 12.3 Å². The molecule has 1 aliphatic rings. The maximum atomic E-state index is 12.8. The van der Waals surface area contributed by atoms with E-state index in [9.17, 15) is 9.59 Å². The van der Waals surface area contributed by atoms with Gasteiger partial charge in [0.2, 0.25) is 11.7 Å². The van der Waals surface area contributed by atoms with Gasteiger partial charge in [-0.05, 0) is 66.6 Å². The molecular weight excluding hydrogens is 446 g/mol. The molecule has 0 unspecified atom stereocenters. The van der Waals surface area contributed by atoms with Crippen LogP contribution in [0.5, 0.6) is 17.2 Å². The standard InChI is InChI=1S/C27H31N3O5/c1-15-24-20(13-27(2,3)14-21(24)31)30(29-15)18-7-8-19(26(28)32)17(12-18)9-16-10-22(33-4)25(35-6)23(11-16)34-5/h7-8,10-12H,9,13-14H2,1-6H3,(H2,28,32). The van der Waals surface area contributed by atoms with Crippen molar-refractivity contribution in [1.29, 1.82) is 0 Å². The third kappa shape index (κ3) is 4.48. The van der Waals surface area contributed by atoms with Crippen LogP contribution in [0.15, 0.2) is 30.3 Å². The second-order valence-corrected chi connectivity index (χ2v) is 9.68. The number of hydrogen-bond acceptors (Lipinski definition) is 6. The van der Waals surface area contributed by atoms with E-state index in [-0.39, 0.29) is 11.2 Å². The number of fused-ring (bicyclic) bond motifs is 1. The van der Waals surface area contributed by atoms with Crippen molar-refractivity contribution < 1.29 is 23.8 Å². The number of nitrogens with zero attached hydrogens (tertiary/aromatic N) is 2. The Morgan fingerprint density at radius 2 is 1.71 bits per heavy atom. The number of benzene rings is 2. The summed E-state index contributed by atoms with van der Waals surface area (Å²) in [5, 5.41) is 4.70. The highest BCUT2D eigenvalue weighted by atomic mass is 16.5. The molecule has 184 valence electrons. The van der Waals surface area contributed by atoms with E-state index in [4.69, 9.17) is 25.0 Å². The largest absolute Gasteiger partial charge is 0.493 e. The molecule has 0 aliphatic heterocycles. The van der Waals surface area contributed by atoms with Gasteiger partial charge in [-0.3, -0.25) is 9.59 Å². The summed E-state index contributed by atoms with van der Waals surface area (Å²) in [7, 11) is 4.67. The maximum Gasteiger partial charge on any atom is 0.248 e. The number of carbonyl (C=O) groups is 2. The van der Waals surface area contributed by atoms with Crippen LogP contribution in [0.4, 0.5) is 0 Å². The van der Waals surface area contributed by atoms with E-state index in [2.05, 4.69) is 13.8 Å². The molecule has 35 heavy (non-hydrogen) atoms. The first-order valence-electron chi connectivity index (χ1n) is 11.4. The predicted molar refractivity (Wildman–Crippen MR) is 132 cm³/mol. The van der Waals surface area contributed by atoms with E-state index in [1.807, 2.05) is 35.9 Å². The maximum absolute atomic E-state index is 12.8. The number of ether oxygens (including phenoxy) is 3. The number of hydrogen-bond donors (Lipinski definition) is 1. The number of rotatable bonds is 7. The zero-order chi connectivity index (χ0) is 25.5. The number of primary amides is 1. The second-order valence-electron chi connectivity index (χ2n) is 9.68. The lowest BCUT2D eigenvalue weighted by Gasteiger charge is -2.29. The Bertz CT molecular complexity index is 1300. The zero-order valence-electron chi connectivity index (χ0n) is 21.0. The lowest BCUT2D eigenvalue weighted by atomic mass is 9.75. The Kier molecular flexibility index (Phi) is 6.32. The predicted octanol–water partition coefficient (Wildman–Crippen LogP) is 4.05. The van der Waals surface area contributed by atoms with Crippen molar-refractivity contribution >= 4 is 11.7 Å². The minimum atomic E-state index is -0.519. The van der Waals surface area contributed by atoms with E-state index in [0.29, 0.717) is 46.9 Å². The topological polar surface area (TPSA) is 106 Å². The third-order valence-corrected chi connectivity index (χ3v) is 6.44. The van der Waals surface area contributed by atoms with Crippen molar-refractivity contribution in [2.75, 3.05) is 21.3 Å². The van der Waals surface area contributed by atoms with Gasteiger partial charge >= 0.3 is 0 Å². The first-order chi connectivity index (χ1) is 16.6. The number of methoxy groups -OCH3 is 3. The molecule has 0 saturated heterocycles. The molecule has 3 aromatic rings. The first-order valence-corrected chi connectivity index (χ1v) is 11.4. The molecule has 0 radical (unpaired) electrons. The van der Waals surface area contributed by atoms with E-state index in [0.717, 1.165) is 28.9 Å². The summed E-state index contributed by atoms with van der Waals surface area (Å²) >= 11 is 0. The lowest BCUT2D eigenvalue weighted by Crippen LogP contribution is -2.28. The van der Waals surface area contributed by atoms with Gasteiger partial charge in [-0.25, -0.2) is 4.68 Å². The van der Waals surface area contributed by atoms with Crippen molar-refractivity contribution in [1.82, 2.24) is 9.78 Å². The molecule has 0 fully saturated rings. The Labute approximate surface area is 205 Å². The second kappa shape index (κ2) is 9.09. The Morgan fingerprint density at radius 3 is 2.29 bits per heavy atom. The summed E-state index contributed by atoms with van der Waals surface area (Å²) in [5.74, 6) is 1.14. The molecule has 1 heterocycles. The van der Waals surface area contributed by atoms with Crippen LogP contribution in [0.1, 0.15) is 63.5 Å². The zero-order valence-corrected chi connectivity index (χ0v) is 21.0. The molecule has 0 spiro atoms. The average molecular weight is 478 g/mol. The lowest BCUT2D eigenvalue weighted by molar-refractivity contribution is 0.0909. The van der Waals surface area contributed by atoms with E-state index in [1.165, 1.54) is 0 Å². The van der Waals surface area contributed by atoms with E-state index >= 15 is 0 Å². The SMILES string of the molecule is COc1cc(Cc2cc(-n3nc(C)c4c3CC(C)(C)CC4=O)ccc2C(N)=O)cc(OC)c1OC. The van der Waals surface area contributed by atoms with Gasteiger partial charge in [0.05, 0.1) is 44.0 Å². The van der Waals surface area contributed by atoms with Crippen molar-refractivity contribution in [3.05, 3.63) is 64.0 Å². The van der Waals surface area contributed by atoms with E-state index in [1.54, 1.807) is 27.4 Å². The van der Waals surface area contributed by atoms with Gasteiger partial charge in [-0.2, -0.15) is 5.10 Å². The molecule has 8 nitrogen and oxygen atoms in total. The number of aromatic nitrogens is 2. The molecule has 4 rings (SSSR count). The fraction of sp³-hybridized carbons (Fsp3) is 0.370. The van der Waals surface area contributed by atoms with Crippen molar-refractivity contribution in [2.24, 2.45) is 11.1 Å². The molecule has 2 aromatic carbocycles. The molecular formula is C27H31N3O5. The molecule has 0 saturated carbocycles. The first kappa shape index (κ1) is 24.3. The number of aryl methyl sites for hydroxylation is 1. The quantitative estimate of drug-likeness (QED) is 0.550. The van der Waals surface area contributed by atoms with Gasteiger partial charge in [-0.15, -0.1) is 0 Å². The van der Waals surface area contributed by atoms with Crippen LogP contribution in [0.25, 0.3) is 5.69 Å². The van der Waals surface area contributed by atoms with Crippen LogP contribution in [0.2, 0.25) is 0 Å². The summed E-state index contributed by atoms with van der Waals surface area (Å²) < 4.78 is 18.2. The number of carbonyl (C=O) groups excluding carboxylic acids is 2. The molecule has 0 atom stereocenters. The number of nitrogens with two attached hydrogens (primary N) is 1. The van der Waals surface area contributed by atoms with Crippen LogP contribution in [-0.4, -0.2) is 42.8 Å². The van der Waals surface area contributed by atoms with Gasteiger partial charge in [0.1, 0.15) is 0 Å². The number of ketones is 1. The highest BCUT2D eigenvalue weighted by Crippen LogP contribution is 2.40. The van der Waals surface area contributed by atoms with Crippen LogP contribution in [0.3, 0.4) is 0 Å². The van der Waals surface area contributed by atoms with Gasteiger partial charge in [0.25, 0.3) is 0 Å². The summed E-state index contributed by atoms with van der Waals surface area (Å²) in [5.41, 5.74) is 10.6. The highest BCUT2D eigenvalue weighted by Gasteiger charge is 2.35. The van der Waals surface area contributed by atoms with Crippen molar-refractivity contribution in [3.8, 4) is 22.9 Å². The smallest absolute Gasteiger partial charge is 0.248 e. The van der Waals surface area contributed by atoms with Crippen molar-refractivity contribution in [2.45, 2.75) is 40.0 Å². The summed E-state index contributed by atoms with van der Waals surface area (Å²) in [4.78, 5) is 25.1. The Balaban J connectivity index is 1.82. The molecule has 1 amide bonds. The molecule has 8 heteroatoms. The monoisotopic (exact) mass is 477 g/mol. The van der Waals surface area contributed by atoms with Crippen molar-refractivity contribution in [3.63, 3.8) is 0 Å². The summed E-state index contributed by atoms with van der Waals surface area (Å²) in [6.45, 7) is 6.04. The number of amides is 1. The molecule has 1 aliphatic carbocycles. The van der Waals surface area contributed by atoms with Gasteiger partial charge in [0.15, 0.2) is 17.3 Å². The summed E-state index contributed by atoms with van der Waals surface area (Å²) in [6, 6.07) is 9.13. The fourth-order valence-corrected chi connectivity index (χ4v) is 4.91. The Hall–Kier alpha value is -3.81. The third-order valence-electron chi connectivity index (χ3n) is 6.44. The Morgan fingerprint density at radius 1 is 1.06 bits per heavy atom. The van der Waals surface area contributed by atoms with Crippen LogP contribution < -0.4 is 19.9 Å². The molecule has 1 aromatic heterocycles. The molecule has 2 N–H and O–H groups in total. The fourth-order valence-electron chi connectivity index (χ4n) is 4.91. The van der Waals surface area contributed by atoms with Crippen LogP contribution >= 0.6 is 0 Å². The van der Waals surface area contributed by atoms with E-state index < -0.39 is 5.91 Å². The van der Waals surface area contributed by atoms with Gasteiger partial charge < -0.3 is 19.9 Å². The minimum Gasteiger partial charge on any atom is -0.493 e.